The summed E-state index contributed by atoms with van der Waals surface area (Å²) in [7, 11) is 0. The first-order valence-electron chi connectivity index (χ1n) is 6.34. The van der Waals surface area contributed by atoms with Crippen molar-refractivity contribution < 1.29 is 4.79 Å². The summed E-state index contributed by atoms with van der Waals surface area (Å²) in [6, 6.07) is 6.26. The summed E-state index contributed by atoms with van der Waals surface area (Å²) in [5.41, 5.74) is 9.10. The van der Waals surface area contributed by atoms with Crippen LogP contribution in [0.25, 0.3) is 0 Å². The van der Waals surface area contributed by atoms with Gasteiger partial charge in [0, 0.05) is 11.7 Å². The largest absolute Gasteiger partial charge is 0.327 e. The van der Waals surface area contributed by atoms with Gasteiger partial charge in [-0.2, -0.15) is 0 Å². The van der Waals surface area contributed by atoms with Gasteiger partial charge < -0.3 is 11.1 Å². The number of nitrogens with two attached hydrogens (primary N) is 1. The molecule has 92 valence electrons. The first kappa shape index (κ1) is 12.1. The molecular weight excluding hydrogens is 212 g/mol. The van der Waals surface area contributed by atoms with Crippen LogP contribution in [-0.2, 0) is 17.6 Å². The van der Waals surface area contributed by atoms with E-state index in [4.69, 9.17) is 5.73 Å². The van der Waals surface area contributed by atoms with Gasteiger partial charge >= 0.3 is 0 Å². The van der Waals surface area contributed by atoms with Crippen molar-refractivity contribution >= 4 is 11.6 Å². The summed E-state index contributed by atoms with van der Waals surface area (Å²) in [5, 5.41) is 3.05. The van der Waals surface area contributed by atoms with Gasteiger partial charge in [-0.25, -0.2) is 0 Å². The molecule has 17 heavy (non-hydrogen) atoms. The third-order valence-electron chi connectivity index (χ3n) is 3.42. The highest BCUT2D eigenvalue weighted by molar-refractivity contribution is 5.96. The summed E-state index contributed by atoms with van der Waals surface area (Å²) in [5.74, 6) is 0.0951. The lowest BCUT2D eigenvalue weighted by Crippen LogP contribution is -2.20. The van der Waals surface area contributed by atoms with Gasteiger partial charge in [-0.3, -0.25) is 4.79 Å². The van der Waals surface area contributed by atoms with Gasteiger partial charge in [-0.15, -0.1) is 0 Å². The predicted molar refractivity (Wildman–Crippen MR) is 69.9 cm³/mol. The zero-order chi connectivity index (χ0) is 12.4. The van der Waals surface area contributed by atoms with E-state index in [1.807, 2.05) is 0 Å². The number of carbonyl (C=O) groups is 1. The Balaban J connectivity index is 2.20. The Bertz CT molecular complexity index is 406. The highest BCUT2D eigenvalue weighted by atomic mass is 16.2. The van der Waals surface area contributed by atoms with Gasteiger partial charge in [-0.05, 0) is 30.4 Å². The summed E-state index contributed by atoms with van der Waals surface area (Å²) < 4.78 is 0. The topological polar surface area (TPSA) is 55.1 Å². The summed E-state index contributed by atoms with van der Waals surface area (Å²) >= 11 is 0. The lowest BCUT2D eigenvalue weighted by molar-refractivity contribution is -0.117. The van der Waals surface area contributed by atoms with Crippen LogP contribution in [0.3, 0.4) is 0 Å². The minimum absolute atomic E-state index is 0.0182. The summed E-state index contributed by atoms with van der Waals surface area (Å²) in [4.78, 5) is 11.9. The summed E-state index contributed by atoms with van der Waals surface area (Å²) in [6.07, 6.45) is 2.68. The van der Waals surface area contributed by atoms with Crippen molar-refractivity contribution in [1.29, 1.82) is 0 Å². The van der Waals surface area contributed by atoms with E-state index in [1.54, 1.807) is 0 Å². The van der Waals surface area contributed by atoms with Gasteiger partial charge in [0.05, 0.1) is 5.92 Å². The van der Waals surface area contributed by atoms with Gasteiger partial charge in [0.1, 0.15) is 0 Å². The van der Waals surface area contributed by atoms with Crippen molar-refractivity contribution in [2.45, 2.75) is 39.2 Å². The zero-order valence-electron chi connectivity index (χ0n) is 10.5. The predicted octanol–water partition coefficient (Wildman–Crippen LogP) is 2.10. The number of para-hydroxylation sites is 1. The minimum atomic E-state index is 0.0182. The molecule has 1 saturated carbocycles. The van der Waals surface area contributed by atoms with Crippen LogP contribution in [0.5, 0.6) is 0 Å². The molecule has 0 aliphatic heterocycles. The molecule has 2 unspecified atom stereocenters. The Morgan fingerprint density at radius 3 is 2.29 bits per heavy atom. The molecule has 3 heteroatoms. The first-order valence-corrected chi connectivity index (χ1v) is 6.34. The number of nitrogens with one attached hydrogen (secondary N) is 1. The van der Waals surface area contributed by atoms with E-state index in [-0.39, 0.29) is 17.9 Å². The maximum atomic E-state index is 11.9. The molecule has 2 atom stereocenters. The fourth-order valence-corrected chi connectivity index (χ4v) is 2.14. The minimum Gasteiger partial charge on any atom is -0.327 e. The Morgan fingerprint density at radius 2 is 1.88 bits per heavy atom. The summed E-state index contributed by atoms with van der Waals surface area (Å²) in [6.45, 7) is 4.21. The number of benzene rings is 1. The van der Waals surface area contributed by atoms with Crippen molar-refractivity contribution in [2.24, 2.45) is 11.7 Å². The molecule has 1 aliphatic carbocycles. The molecule has 0 radical (unpaired) electrons. The fourth-order valence-electron chi connectivity index (χ4n) is 2.14. The smallest absolute Gasteiger partial charge is 0.229 e. The molecule has 1 aromatic rings. The normalized spacial score (nSPS) is 22.3. The lowest BCUT2D eigenvalue weighted by atomic mass is 10.0. The van der Waals surface area contributed by atoms with Gasteiger partial charge in [0.25, 0.3) is 0 Å². The van der Waals surface area contributed by atoms with Gasteiger partial charge in [-0.1, -0.05) is 32.0 Å². The Hall–Kier alpha value is -1.35. The lowest BCUT2D eigenvalue weighted by Gasteiger charge is -2.14. The second-order valence-corrected chi connectivity index (χ2v) is 4.65. The Labute approximate surface area is 102 Å². The average molecular weight is 232 g/mol. The van der Waals surface area contributed by atoms with Crippen LogP contribution >= 0.6 is 0 Å². The molecule has 0 heterocycles. The van der Waals surface area contributed by atoms with E-state index in [1.165, 1.54) is 11.1 Å². The van der Waals surface area contributed by atoms with Crippen molar-refractivity contribution in [3.8, 4) is 0 Å². The van der Waals surface area contributed by atoms with E-state index >= 15 is 0 Å². The Kier molecular flexibility index (Phi) is 3.48. The van der Waals surface area contributed by atoms with E-state index in [0.717, 1.165) is 24.9 Å². The van der Waals surface area contributed by atoms with Crippen molar-refractivity contribution in [3.05, 3.63) is 29.3 Å². The molecule has 0 aromatic heterocycles. The van der Waals surface area contributed by atoms with E-state index in [0.29, 0.717) is 0 Å². The average Bonchev–Trinajstić information content (AvgIpc) is 3.06. The van der Waals surface area contributed by atoms with Gasteiger partial charge in [0.2, 0.25) is 5.91 Å². The molecule has 2 rings (SSSR count). The molecule has 1 aliphatic rings. The Morgan fingerprint density at radius 1 is 1.35 bits per heavy atom. The van der Waals surface area contributed by atoms with Crippen molar-refractivity contribution in [2.75, 3.05) is 5.32 Å². The highest BCUT2D eigenvalue weighted by Gasteiger charge is 2.40. The number of carbonyl (C=O) groups excluding carboxylic acids is 1. The van der Waals surface area contributed by atoms with Crippen molar-refractivity contribution in [3.63, 3.8) is 0 Å². The molecule has 0 saturated heterocycles. The standard InChI is InChI=1S/C14H20N2O/c1-3-9-6-5-7-10(4-2)13(9)16-14(17)11-8-12(11)15/h5-7,11-12H,3-4,8,15H2,1-2H3,(H,16,17). The number of anilines is 1. The zero-order valence-corrected chi connectivity index (χ0v) is 10.5. The highest BCUT2D eigenvalue weighted by Crippen LogP contribution is 2.31. The third-order valence-corrected chi connectivity index (χ3v) is 3.42. The second-order valence-electron chi connectivity index (χ2n) is 4.65. The number of hydrogen-bond donors (Lipinski definition) is 2. The van der Waals surface area contributed by atoms with E-state index in [9.17, 15) is 4.79 Å². The molecule has 1 amide bonds. The van der Waals surface area contributed by atoms with Gasteiger partial charge in [0.15, 0.2) is 0 Å². The van der Waals surface area contributed by atoms with E-state index in [2.05, 4.69) is 37.4 Å². The molecule has 0 bridgehead atoms. The second kappa shape index (κ2) is 4.88. The van der Waals surface area contributed by atoms with Crippen LogP contribution in [0, 0.1) is 5.92 Å². The van der Waals surface area contributed by atoms with Crippen LogP contribution in [0.2, 0.25) is 0 Å². The molecule has 0 spiro atoms. The SMILES string of the molecule is CCc1cccc(CC)c1NC(=O)C1CC1N. The maximum Gasteiger partial charge on any atom is 0.229 e. The number of rotatable bonds is 4. The molecule has 3 nitrogen and oxygen atoms in total. The van der Waals surface area contributed by atoms with Crippen LogP contribution in [0.1, 0.15) is 31.4 Å². The monoisotopic (exact) mass is 232 g/mol. The third kappa shape index (κ3) is 2.50. The van der Waals surface area contributed by atoms with Crippen LogP contribution in [0.15, 0.2) is 18.2 Å². The fraction of sp³-hybridized carbons (Fsp3) is 0.500. The number of amides is 1. The molecule has 3 N–H and O–H groups in total. The maximum absolute atomic E-state index is 11.9. The van der Waals surface area contributed by atoms with E-state index < -0.39 is 0 Å². The first-order chi connectivity index (χ1) is 8.17. The molecular formula is C14H20N2O. The van der Waals surface area contributed by atoms with Crippen molar-refractivity contribution in [1.82, 2.24) is 0 Å². The van der Waals surface area contributed by atoms with Crippen LogP contribution in [-0.4, -0.2) is 11.9 Å². The number of aryl methyl sites for hydroxylation is 2. The quantitative estimate of drug-likeness (QED) is 0.835. The molecule has 1 aromatic carbocycles. The number of hydrogen-bond acceptors (Lipinski definition) is 2. The van der Waals surface area contributed by atoms with Crippen LogP contribution < -0.4 is 11.1 Å². The molecule has 1 fully saturated rings. The van der Waals surface area contributed by atoms with Crippen LogP contribution in [0.4, 0.5) is 5.69 Å².